The molecule has 0 radical (unpaired) electrons. The van der Waals surface area contributed by atoms with Crippen molar-refractivity contribution in [3.8, 4) is 11.5 Å². The Morgan fingerprint density at radius 2 is 1.90 bits per heavy atom. The monoisotopic (exact) mass is 409 g/mol. The third kappa shape index (κ3) is 5.62. The van der Waals surface area contributed by atoms with Crippen molar-refractivity contribution in [2.45, 2.75) is 52.4 Å². The van der Waals surface area contributed by atoms with Gasteiger partial charge in [-0.1, -0.05) is 44.4 Å². The van der Waals surface area contributed by atoms with Crippen LogP contribution in [0, 0.1) is 0 Å². The predicted molar refractivity (Wildman–Crippen MR) is 119 cm³/mol. The summed E-state index contributed by atoms with van der Waals surface area (Å²) in [7, 11) is 0. The lowest BCUT2D eigenvalue weighted by Crippen LogP contribution is -2.40. The van der Waals surface area contributed by atoms with E-state index in [1.807, 2.05) is 42.5 Å². The number of ketones is 1. The Kier molecular flexibility index (Phi) is 7.89. The van der Waals surface area contributed by atoms with Crippen molar-refractivity contribution >= 4 is 17.4 Å². The number of benzene rings is 2. The van der Waals surface area contributed by atoms with E-state index in [0.717, 1.165) is 24.2 Å². The van der Waals surface area contributed by atoms with Crippen LogP contribution in [-0.2, 0) is 11.2 Å². The number of carbonyl (C=O) groups excluding carboxylic acids is 2. The highest BCUT2D eigenvalue weighted by Gasteiger charge is 2.29. The summed E-state index contributed by atoms with van der Waals surface area (Å²) in [4.78, 5) is 26.6. The molecule has 160 valence electrons. The number of nitrogens with zero attached hydrogens (tertiary/aromatic N) is 1. The van der Waals surface area contributed by atoms with Gasteiger partial charge in [0.25, 0.3) is 5.91 Å². The zero-order valence-electron chi connectivity index (χ0n) is 18.0. The highest BCUT2D eigenvalue weighted by molar-refractivity contribution is 6.04. The van der Waals surface area contributed by atoms with Gasteiger partial charge in [0.2, 0.25) is 0 Å². The molecule has 1 aliphatic rings. The SMILES string of the molecule is CCCCCCc1cc(C(C)=O)c2c(c1)N(CCCOc1ccccc1)C(=O)CO2. The molecule has 5 heteroatoms. The molecule has 0 unspecified atom stereocenters. The number of ether oxygens (including phenoxy) is 2. The molecule has 1 amide bonds. The maximum atomic E-state index is 12.6. The van der Waals surface area contributed by atoms with E-state index in [4.69, 9.17) is 9.47 Å². The summed E-state index contributed by atoms with van der Waals surface area (Å²) < 4.78 is 11.4. The van der Waals surface area contributed by atoms with Gasteiger partial charge >= 0.3 is 0 Å². The fourth-order valence-electron chi connectivity index (χ4n) is 3.71. The third-order valence-electron chi connectivity index (χ3n) is 5.30. The van der Waals surface area contributed by atoms with Gasteiger partial charge in [-0.25, -0.2) is 0 Å². The maximum Gasteiger partial charge on any atom is 0.265 e. The molecule has 1 heterocycles. The second kappa shape index (κ2) is 10.8. The first-order valence-corrected chi connectivity index (χ1v) is 10.9. The smallest absolute Gasteiger partial charge is 0.265 e. The van der Waals surface area contributed by atoms with Crippen LogP contribution in [0.5, 0.6) is 11.5 Å². The van der Waals surface area contributed by atoms with Crippen LogP contribution in [0.15, 0.2) is 42.5 Å². The van der Waals surface area contributed by atoms with Gasteiger partial charge in [0, 0.05) is 6.54 Å². The van der Waals surface area contributed by atoms with E-state index in [9.17, 15) is 9.59 Å². The molecule has 0 saturated heterocycles. The highest BCUT2D eigenvalue weighted by Crippen LogP contribution is 2.37. The fourth-order valence-corrected chi connectivity index (χ4v) is 3.71. The minimum absolute atomic E-state index is 0.0385. The Morgan fingerprint density at radius 3 is 2.63 bits per heavy atom. The first-order valence-electron chi connectivity index (χ1n) is 10.9. The largest absolute Gasteiger partial charge is 0.494 e. The standard InChI is InChI=1S/C25H31NO4/c1-3-4-5-7-11-20-16-22(19(2)27)25-23(17-20)26(24(28)18-30-25)14-10-15-29-21-12-8-6-9-13-21/h6,8-9,12-13,16-17H,3-5,7,10-11,14-15,18H2,1-2H3. The van der Waals surface area contributed by atoms with Gasteiger partial charge < -0.3 is 14.4 Å². The van der Waals surface area contributed by atoms with Crippen LogP contribution >= 0.6 is 0 Å². The summed E-state index contributed by atoms with van der Waals surface area (Å²) in [6.07, 6.45) is 6.22. The Labute approximate surface area is 179 Å². The van der Waals surface area contributed by atoms with Crippen LogP contribution in [-0.4, -0.2) is 31.4 Å². The molecule has 0 N–H and O–H groups in total. The molecule has 0 saturated carbocycles. The molecule has 0 aliphatic carbocycles. The van der Waals surface area contributed by atoms with Gasteiger partial charge in [-0.3, -0.25) is 9.59 Å². The Bertz CT molecular complexity index is 863. The summed E-state index contributed by atoms with van der Waals surface area (Å²) in [6.45, 7) is 4.74. The normalized spacial score (nSPS) is 13.0. The van der Waals surface area contributed by atoms with Crippen LogP contribution in [0.3, 0.4) is 0 Å². The average Bonchev–Trinajstić information content (AvgIpc) is 2.75. The summed E-state index contributed by atoms with van der Waals surface area (Å²) in [5.41, 5.74) is 2.36. The minimum atomic E-state index is -0.0835. The van der Waals surface area contributed by atoms with Crippen LogP contribution in [0.1, 0.15) is 61.9 Å². The van der Waals surface area contributed by atoms with E-state index in [1.54, 1.807) is 11.8 Å². The second-order valence-electron chi connectivity index (χ2n) is 7.71. The van der Waals surface area contributed by atoms with Gasteiger partial charge in [0.15, 0.2) is 18.1 Å². The quantitative estimate of drug-likeness (QED) is 0.378. The molecule has 30 heavy (non-hydrogen) atoms. The van der Waals surface area contributed by atoms with Gasteiger partial charge in [0.05, 0.1) is 17.9 Å². The zero-order chi connectivity index (χ0) is 21.3. The van der Waals surface area contributed by atoms with Gasteiger partial charge in [0.1, 0.15) is 5.75 Å². The Balaban J connectivity index is 1.73. The molecule has 0 fully saturated rings. The molecule has 2 aromatic rings. The average molecular weight is 410 g/mol. The lowest BCUT2D eigenvalue weighted by molar-refractivity contribution is -0.121. The molecule has 0 spiro atoms. The summed E-state index contributed by atoms with van der Waals surface area (Å²) >= 11 is 0. The molecule has 2 aromatic carbocycles. The van der Waals surface area contributed by atoms with Crippen molar-refractivity contribution in [3.05, 3.63) is 53.6 Å². The fraction of sp³-hybridized carbons (Fsp3) is 0.440. The second-order valence-corrected chi connectivity index (χ2v) is 7.71. The Morgan fingerprint density at radius 1 is 1.10 bits per heavy atom. The predicted octanol–water partition coefficient (Wildman–Crippen LogP) is 5.21. The number of para-hydroxylation sites is 1. The summed E-state index contributed by atoms with van der Waals surface area (Å²) in [5, 5.41) is 0. The first kappa shape index (κ1) is 21.9. The molecular formula is C25H31NO4. The van der Waals surface area contributed by atoms with Crippen LogP contribution in [0.25, 0.3) is 0 Å². The number of anilines is 1. The molecule has 1 aliphatic heterocycles. The van der Waals surface area contributed by atoms with E-state index in [1.165, 1.54) is 19.3 Å². The summed E-state index contributed by atoms with van der Waals surface area (Å²) in [6, 6.07) is 13.6. The molecule has 3 rings (SSSR count). The van der Waals surface area contributed by atoms with E-state index in [2.05, 4.69) is 6.92 Å². The van der Waals surface area contributed by atoms with Gasteiger partial charge in [-0.2, -0.15) is 0 Å². The van der Waals surface area contributed by atoms with Crippen molar-refractivity contribution in [2.24, 2.45) is 0 Å². The zero-order valence-corrected chi connectivity index (χ0v) is 18.0. The van der Waals surface area contributed by atoms with Crippen molar-refractivity contribution in [2.75, 3.05) is 24.7 Å². The lowest BCUT2D eigenvalue weighted by atomic mass is 9.99. The van der Waals surface area contributed by atoms with Crippen molar-refractivity contribution in [1.82, 2.24) is 0 Å². The van der Waals surface area contributed by atoms with Crippen molar-refractivity contribution in [3.63, 3.8) is 0 Å². The number of Topliss-reactive ketones (excluding diaryl/α,β-unsaturated/α-hetero) is 1. The minimum Gasteiger partial charge on any atom is -0.494 e. The molecular weight excluding hydrogens is 378 g/mol. The highest BCUT2D eigenvalue weighted by atomic mass is 16.5. The lowest BCUT2D eigenvalue weighted by Gasteiger charge is -2.31. The van der Waals surface area contributed by atoms with Crippen LogP contribution in [0.2, 0.25) is 0 Å². The summed E-state index contributed by atoms with van der Waals surface area (Å²) in [5.74, 6) is 1.23. The van der Waals surface area contributed by atoms with E-state index >= 15 is 0 Å². The number of amides is 1. The number of aryl methyl sites for hydroxylation is 1. The number of fused-ring (bicyclic) bond motifs is 1. The van der Waals surface area contributed by atoms with Crippen molar-refractivity contribution < 1.29 is 19.1 Å². The van der Waals surface area contributed by atoms with E-state index in [0.29, 0.717) is 36.6 Å². The number of rotatable bonds is 11. The van der Waals surface area contributed by atoms with Gasteiger partial charge in [-0.05, 0) is 56.0 Å². The third-order valence-corrected chi connectivity index (χ3v) is 5.30. The number of hydrogen-bond acceptors (Lipinski definition) is 4. The first-order chi connectivity index (χ1) is 14.6. The molecule has 0 aromatic heterocycles. The van der Waals surface area contributed by atoms with E-state index < -0.39 is 0 Å². The molecule has 0 atom stereocenters. The van der Waals surface area contributed by atoms with Gasteiger partial charge in [-0.15, -0.1) is 0 Å². The number of carbonyl (C=O) groups is 2. The number of unbranched alkanes of at least 4 members (excludes halogenated alkanes) is 3. The topological polar surface area (TPSA) is 55.8 Å². The maximum absolute atomic E-state index is 12.6. The molecule has 0 bridgehead atoms. The molecule has 5 nitrogen and oxygen atoms in total. The Hall–Kier alpha value is -2.82. The van der Waals surface area contributed by atoms with E-state index in [-0.39, 0.29) is 18.3 Å². The van der Waals surface area contributed by atoms with Crippen LogP contribution < -0.4 is 14.4 Å². The number of hydrogen-bond donors (Lipinski definition) is 0. The van der Waals surface area contributed by atoms with Crippen molar-refractivity contribution in [1.29, 1.82) is 0 Å². The van der Waals surface area contributed by atoms with Crippen LogP contribution in [0.4, 0.5) is 5.69 Å².